The zero-order valence-corrected chi connectivity index (χ0v) is 8.67. The first-order valence-corrected chi connectivity index (χ1v) is 6.05. The highest BCUT2D eigenvalue weighted by molar-refractivity contribution is 7.92. The summed E-state index contributed by atoms with van der Waals surface area (Å²) in [6.07, 6.45) is 1.57. The Morgan fingerprint density at radius 2 is 1.79 bits per heavy atom. The molecule has 0 unspecified atom stereocenters. The minimum atomic E-state index is -3.21. The van der Waals surface area contributed by atoms with E-state index in [0.717, 1.165) is 11.8 Å². The standard InChI is InChI=1S/C9H12NO3S/c1-14(12,13)10-9-4-2-8(3-5-9)6-7-11/h2-5,10H,6-7H2,1H3. The van der Waals surface area contributed by atoms with Crippen LogP contribution in [0.2, 0.25) is 0 Å². The molecule has 1 aromatic rings. The average molecular weight is 214 g/mol. The first kappa shape index (κ1) is 11.0. The molecule has 0 fully saturated rings. The fraction of sp³-hybridized carbons (Fsp3) is 0.333. The van der Waals surface area contributed by atoms with Crippen LogP contribution in [0.3, 0.4) is 0 Å². The molecule has 0 saturated carbocycles. The molecule has 4 nitrogen and oxygen atoms in total. The summed E-state index contributed by atoms with van der Waals surface area (Å²) in [5.74, 6) is 0. The van der Waals surface area contributed by atoms with E-state index in [2.05, 4.69) is 4.72 Å². The molecular weight excluding hydrogens is 202 g/mol. The highest BCUT2D eigenvalue weighted by Gasteiger charge is 2.00. The van der Waals surface area contributed by atoms with Crippen LogP contribution in [0.1, 0.15) is 5.56 Å². The van der Waals surface area contributed by atoms with Gasteiger partial charge in [0.15, 0.2) is 0 Å². The molecule has 0 bridgehead atoms. The van der Waals surface area contributed by atoms with Crippen LogP contribution in [0.5, 0.6) is 0 Å². The first-order chi connectivity index (χ1) is 6.51. The fourth-order valence-corrected chi connectivity index (χ4v) is 1.64. The third-order valence-corrected chi connectivity index (χ3v) is 2.25. The smallest absolute Gasteiger partial charge is 0.229 e. The highest BCUT2D eigenvalue weighted by atomic mass is 32.2. The molecule has 0 aliphatic rings. The third-order valence-electron chi connectivity index (χ3n) is 1.65. The lowest BCUT2D eigenvalue weighted by atomic mass is 10.1. The maximum atomic E-state index is 10.9. The Balaban J connectivity index is 2.74. The lowest BCUT2D eigenvalue weighted by Gasteiger charge is -2.04. The summed E-state index contributed by atoms with van der Waals surface area (Å²) in [4.78, 5) is 0. The quantitative estimate of drug-likeness (QED) is 0.813. The van der Waals surface area contributed by atoms with Crippen molar-refractivity contribution in [2.45, 2.75) is 6.42 Å². The van der Waals surface area contributed by atoms with Crippen molar-refractivity contribution in [3.63, 3.8) is 0 Å². The van der Waals surface area contributed by atoms with Crippen molar-refractivity contribution in [1.82, 2.24) is 0 Å². The van der Waals surface area contributed by atoms with Gasteiger partial charge in [0.25, 0.3) is 0 Å². The van der Waals surface area contributed by atoms with Gasteiger partial charge in [-0.25, -0.2) is 13.5 Å². The van der Waals surface area contributed by atoms with E-state index in [1.165, 1.54) is 0 Å². The number of hydrogen-bond acceptors (Lipinski definition) is 2. The Kier molecular flexibility index (Phi) is 3.49. The topological polar surface area (TPSA) is 66.1 Å². The van der Waals surface area contributed by atoms with E-state index in [0.29, 0.717) is 12.1 Å². The third kappa shape index (κ3) is 3.76. The second kappa shape index (κ2) is 4.43. The zero-order valence-electron chi connectivity index (χ0n) is 7.86. The van der Waals surface area contributed by atoms with E-state index in [4.69, 9.17) is 0 Å². The average Bonchev–Trinajstić information content (AvgIpc) is 2.06. The van der Waals surface area contributed by atoms with Crippen LogP contribution in [0.4, 0.5) is 5.69 Å². The largest absolute Gasteiger partial charge is 0.284 e. The molecule has 0 saturated heterocycles. The molecule has 0 amide bonds. The highest BCUT2D eigenvalue weighted by Crippen LogP contribution is 2.10. The van der Waals surface area contributed by atoms with Crippen LogP contribution in [0, 0.1) is 0 Å². The van der Waals surface area contributed by atoms with Crippen LogP contribution in [0.25, 0.3) is 0 Å². The van der Waals surface area contributed by atoms with E-state index < -0.39 is 10.0 Å². The van der Waals surface area contributed by atoms with E-state index in [-0.39, 0.29) is 6.61 Å². The van der Waals surface area contributed by atoms with Gasteiger partial charge in [-0.15, -0.1) is 0 Å². The lowest BCUT2D eigenvalue weighted by Crippen LogP contribution is -2.09. The molecule has 14 heavy (non-hydrogen) atoms. The molecule has 0 aliphatic heterocycles. The van der Waals surface area contributed by atoms with Gasteiger partial charge < -0.3 is 0 Å². The predicted molar refractivity (Wildman–Crippen MR) is 54.2 cm³/mol. The summed E-state index contributed by atoms with van der Waals surface area (Å²) < 4.78 is 24.0. The van der Waals surface area contributed by atoms with Gasteiger partial charge in [0.1, 0.15) is 0 Å². The van der Waals surface area contributed by atoms with Gasteiger partial charge in [-0.3, -0.25) is 4.72 Å². The molecule has 77 valence electrons. The second-order valence-electron chi connectivity index (χ2n) is 3.03. The Hall–Kier alpha value is -1.07. The molecule has 5 heteroatoms. The van der Waals surface area contributed by atoms with E-state index >= 15 is 0 Å². The van der Waals surface area contributed by atoms with Crippen molar-refractivity contribution in [3.05, 3.63) is 29.8 Å². The van der Waals surface area contributed by atoms with Crippen molar-refractivity contribution >= 4 is 15.7 Å². The van der Waals surface area contributed by atoms with Crippen LogP contribution < -0.4 is 4.72 Å². The lowest BCUT2D eigenvalue weighted by molar-refractivity contribution is 0.197. The van der Waals surface area contributed by atoms with Gasteiger partial charge in [0.05, 0.1) is 12.9 Å². The van der Waals surface area contributed by atoms with Crippen LogP contribution >= 0.6 is 0 Å². The van der Waals surface area contributed by atoms with Gasteiger partial charge >= 0.3 is 0 Å². The minimum Gasteiger partial charge on any atom is -0.284 e. The summed E-state index contributed by atoms with van der Waals surface area (Å²) >= 11 is 0. The van der Waals surface area contributed by atoms with Crippen LogP contribution in [-0.2, 0) is 21.6 Å². The summed E-state index contributed by atoms with van der Waals surface area (Å²) in [6, 6.07) is 6.77. The van der Waals surface area contributed by atoms with Crippen LogP contribution in [-0.4, -0.2) is 21.3 Å². The number of sulfonamides is 1. The normalized spacial score (nSPS) is 11.3. The maximum absolute atomic E-state index is 10.9. The van der Waals surface area contributed by atoms with Crippen molar-refractivity contribution < 1.29 is 13.5 Å². The fourth-order valence-electron chi connectivity index (χ4n) is 1.07. The van der Waals surface area contributed by atoms with E-state index in [9.17, 15) is 13.5 Å². The van der Waals surface area contributed by atoms with E-state index in [1.807, 2.05) is 0 Å². The number of rotatable bonds is 4. The molecule has 1 rings (SSSR count). The maximum Gasteiger partial charge on any atom is 0.229 e. The molecule has 0 spiro atoms. The monoisotopic (exact) mass is 214 g/mol. The van der Waals surface area contributed by atoms with Crippen molar-refractivity contribution in [2.24, 2.45) is 0 Å². The summed E-state index contributed by atoms with van der Waals surface area (Å²) in [7, 11) is -3.21. The number of nitrogens with one attached hydrogen (secondary N) is 1. The minimum absolute atomic E-state index is 0.154. The molecule has 1 N–H and O–H groups in total. The van der Waals surface area contributed by atoms with Gasteiger partial charge in [0, 0.05) is 5.69 Å². The zero-order chi connectivity index (χ0) is 10.6. The van der Waals surface area contributed by atoms with Crippen LogP contribution in [0.15, 0.2) is 24.3 Å². The Morgan fingerprint density at radius 1 is 1.21 bits per heavy atom. The van der Waals surface area contributed by atoms with Crippen molar-refractivity contribution in [1.29, 1.82) is 0 Å². The first-order valence-electron chi connectivity index (χ1n) is 4.16. The predicted octanol–water partition coefficient (Wildman–Crippen LogP) is 1.03. The summed E-state index contributed by atoms with van der Waals surface area (Å²) in [5, 5.41) is 10.3. The Labute approximate surface area is 83.6 Å². The van der Waals surface area contributed by atoms with Crippen molar-refractivity contribution in [2.75, 3.05) is 17.6 Å². The van der Waals surface area contributed by atoms with Gasteiger partial charge in [-0.05, 0) is 24.1 Å². The molecule has 0 aliphatic carbocycles. The molecule has 0 atom stereocenters. The second-order valence-corrected chi connectivity index (χ2v) is 4.77. The van der Waals surface area contributed by atoms with Gasteiger partial charge in [0.2, 0.25) is 10.0 Å². The number of anilines is 1. The molecular formula is C9H12NO3S. The van der Waals surface area contributed by atoms with Gasteiger partial charge in [-0.2, -0.15) is 0 Å². The Bertz CT molecular complexity index is 383. The number of hydrogen-bond donors (Lipinski definition) is 1. The van der Waals surface area contributed by atoms with Gasteiger partial charge in [-0.1, -0.05) is 12.1 Å². The number of benzene rings is 1. The Morgan fingerprint density at radius 3 is 2.21 bits per heavy atom. The molecule has 0 heterocycles. The molecule has 0 aromatic heterocycles. The SMILES string of the molecule is CS(=O)(=O)Nc1ccc(CC[O])cc1. The summed E-state index contributed by atoms with van der Waals surface area (Å²) in [5.41, 5.74) is 1.43. The molecule has 1 aromatic carbocycles. The van der Waals surface area contributed by atoms with E-state index in [1.54, 1.807) is 24.3 Å². The summed E-state index contributed by atoms with van der Waals surface area (Å²) in [6.45, 7) is -0.154. The van der Waals surface area contributed by atoms with Crippen molar-refractivity contribution in [3.8, 4) is 0 Å². The molecule has 1 radical (unpaired) electrons.